The third kappa shape index (κ3) is 3.19. The molecule has 7 heteroatoms. The van der Waals surface area contributed by atoms with Gasteiger partial charge in [0.2, 0.25) is 11.8 Å². The molecule has 1 unspecified atom stereocenters. The van der Waals surface area contributed by atoms with Gasteiger partial charge in [-0.1, -0.05) is 12.1 Å². The summed E-state index contributed by atoms with van der Waals surface area (Å²) >= 11 is 0. The molecule has 0 saturated carbocycles. The number of nitrogens with zero attached hydrogens (tertiary/aromatic N) is 1. The van der Waals surface area contributed by atoms with Crippen LogP contribution in [0.1, 0.15) is 59.9 Å². The molecule has 132 valence electrons. The maximum atomic E-state index is 12.9. The highest BCUT2D eigenvalue weighted by Gasteiger charge is 2.45. The molecule has 1 aromatic rings. The van der Waals surface area contributed by atoms with Gasteiger partial charge in [-0.05, 0) is 38.8 Å². The smallest absolute Gasteiger partial charge is 0.262 e. The van der Waals surface area contributed by atoms with E-state index in [9.17, 15) is 19.2 Å². The van der Waals surface area contributed by atoms with Gasteiger partial charge in [0.1, 0.15) is 6.04 Å². The molecule has 0 aromatic heterocycles. The van der Waals surface area contributed by atoms with E-state index in [1.165, 1.54) is 0 Å². The van der Waals surface area contributed by atoms with Crippen LogP contribution in [0.2, 0.25) is 0 Å². The van der Waals surface area contributed by atoms with E-state index in [0.717, 1.165) is 4.90 Å². The molecule has 1 atom stereocenters. The minimum Gasteiger partial charge on any atom is -0.371 e. The zero-order valence-electron chi connectivity index (χ0n) is 14.4. The van der Waals surface area contributed by atoms with Gasteiger partial charge in [-0.3, -0.25) is 29.4 Å². The van der Waals surface area contributed by atoms with Crippen LogP contribution < -0.4 is 5.32 Å². The first-order chi connectivity index (χ1) is 11.7. The molecule has 2 aliphatic rings. The lowest BCUT2D eigenvalue weighted by molar-refractivity contribution is -0.136. The van der Waals surface area contributed by atoms with Crippen molar-refractivity contribution in [1.82, 2.24) is 10.2 Å². The van der Waals surface area contributed by atoms with Crippen LogP contribution in [-0.4, -0.2) is 40.2 Å². The highest BCUT2D eigenvalue weighted by molar-refractivity contribution is 6.24. The number of hydrogen-bond acceptors (Lipinski definition) is 5. The molecule has 4 amide bonds. The predicted molar refractivity (Wildman–Crippen MR) is 87.7 cm³/mol. The van der Waals surface area contributed by atoms with E-state index >= 15 is 0 Å². The van der Waals surface area contributed by atoms with Gasteiger partial charge in [-0.15, -0.1) is 0 Å². The molecular weight excluding hydrogens is 324 g/mol. The number of ether oxygens (including phenoxy) is 1. The number of hydrogen-bond donors (Lipinski definition) is 1. The monoisotopic (exact) mass is 344 g/mol. The molecule has 3 rings (SSSR count). The van der Waals surface area contributed by atoms with Crippen molar-refractivity contribution < 1.29 is 23.9 Å². The molecule has 0 aliphatic carbocycles. The van der Waals surface area contributed by atoms with Crippen molar-refractivity contribution in [1.29, 1.82) is 0 Å². The number of nitrogens with one attached hydrogen (secondary N) is 1. The van der Waals surface area contributed by atoms with Crippen LogP contribution in [0.25, 0.3) is 0 Å². The van der Waals surface area contributed by atoms with E-state index in [4.69, 9.17) is 4.74 Å². The zero-order chi connectivity index (χ0) is 18.4. The molecular formula is C18H20N2O5. The van der Waals surface area contributed by atoms with Crippen LogP contribution in [-0.2, 0) is 20.9 Å². The summed E-state index contributed by atoms with van der Waals surface area (Å²) in [6.45, 7) is 5.89. The first kappa shape index (κ1) is 17.3. The standard InChI is InChI=1S/C18H20N2O5/c1-18(2,3)25-9-10-5-4-6-11-14(10)17(24)20(16(11)23)12-7-8-13(21)19-15(12)22/h4-6,12H,7-9H2,1-3H3,(H,19,21,22). The molecule has 0 spiro atoms. The van der Waals surface area contributed by atoms with Gasteiger partial charge >= 0.3 is 0 Å². The first-order valence-electron chi connectivity index (χ1n) is 8.16. The largest absolute Gasteiger partial charge is 0.371 e. The number of fused-ring (bicyclic) bond motifs is 1. The van der Waals surface area contributed by atoms with Gasteiger partial charge in [0.15, 0.2) is 0 Å². The summed E-state index contributed by atoms with van der Waals surface area (Å²) in [6, 6.07) is 4.05. The van der Waals surface area contributed by atoms with Crippen LogP contribution >= 0.6 is 0 Å². The summed E-state index contributed by atoms with van der Waals surface area (Å²) in [7, 11) is 0. The Bertz CT molecular complexity index is 778. The highest BCUT2D eigenvalue weighted by Crippen LogP contribution is 2.30. The Morgan fingerprint density at radius 3 is 2.52 bits per heavy atom. The van der Waals surface area contributed by atoms with E-state index in [0.29, 0.717) is 5.56 Å². The fourth-order valence-corrected chi connectivity index (χ4v) is 3.00. The topological polar surface area (TPSA) is 92.8 Å². The van der Waals surface area contributed by atoms with E-state index in [1.54, 1.807) is 18.2 Å². The van der Waals surface area contributed by atoms with E-state index < -0.39 is 35.3 Å². The molecule has 1 N–H and O–H groups in total. The number of imide groups is 2. The molecule has 0 radical (unpaired) electrons. The van der Waals surface area contributed by atoms with Crippen LogP contribution in [0.4, 0.5) is 0 Å². The van der Waals surface area contributed by atoms with Gasteiger partial charge in [-0.2, -0.15) is 0 Å². The van der Waals surface area contributed by atoms with Crippen LogP contribution in [0.3, 0.4) is 0 Å². The summed E-state index contributed by atoms with van der Waals surface area (Å²) in [5.41, 5.74) is 0.768. The van der Waals surface area contributed by atoms with Crippen molar-refractivity contribution >= 4 is 23.6 Å². The number of amides is 4. The fourth-order valence-electron chi connectivity index (χ4n) is 3.00. The summed E-state index contributed by atoms with van der Waals surface area (Å²) in [4.78, 5) is 49.9. The van der Waals surface area contributed by atoms with Gasteiger partial charge in [0.05, 0.1) is 23.3 Å². The Kier molecular flexibility index (Phi) is 4.20. The van der Waals surface area contributed by atoms with Gasteiger partial charge in [-0.25, -0.2) is 0 Å². The maximum Gasteiger partial charge on any atom is 0.262 e. The van der Waals surface area contributed by atoms with Crippen molar-refractivity contribution in [2.45, 2.75) is 51.9 Å². The molecule has 1 fully saturated rings. The Balaban J connectivity index is 1.91. The highest BCUT2D eigenvalue weighted by atomic mass is 16.5. The Labute approximate surface area is 145 Å². The summed E-state index contributed by atoms with van der Waals surface area (Å²) in [6.07, 6.45) is 0.244. The van der Waals surface area contributed by atoms with Gasteiger partial charge in [0.25, 0.3) is 11.8 Å². The predicted octanol–water partition coefficient (Wildman–Crippen LogP) is 1.40. The number of piperidine rings is 1. The first-order valence-corrected chi connectivity index (χ1v) is 8.16. The van der Waals surface area contributed by atoms with Crippen molar-refractivity contribution in [2.75, 3.05) is 0 Å². The fraction of sp³-hybridized carbons (Fsp3) is 0.444. The lowest BCUT2D eigenvalue weighted by Crippen LogP contribution is -2.54. The average Bonchev–Trinajstić information content (AvgIpc) is 2.77. The second-order valence-electron chi connectivity index (χ2n) is 7.19. The lowest BCUT2D eigenvalue weighted by Gasteiger charge is -2.28. The second kappa shape index (κ2) is 6.07. The molecule has 1 aromatic carbocycles. The maximum absolute atomic E-state index is 12.9. The van der Waals surface area contributed by atoms with Crippen molar-refractivity contribution in [3.63, 3.8) is 0 Å². The number of carbonyl (C=O) groups is 4. The Hall–Kier alpha value is -2.54. The van der Waals surface area contributed by atoms with Crippen LogP contribution in [0, 0.1) is 0 Å². The Morgan fingerprint density at radius 2 is 1.88 bits per heavy atom. The molecule has 2 aliphatic heterocycles. The van der Waals surface area contributed by atoms with Crippen LogP contribution in [0.5, 0.6) is 0 Å². The quantitative estimate of drug-likeness (QED) is 0.837. The second-order valence-corrected chi connectivity index (χ2v) is 7.19. The van der Waals surface area contributed by atoms with Crippen LogP contribution in [0.15, 0.2) is 18.2 Å². The third-order valence-electron chi connectivity index (χ3n) is 4.22. The molecule has 7 nitrogen and oxygen atoms in total. The van der Waals surface area contributed by atoms with Gasteiger partial charge in [0, 0.05) is 6.42 Å². The van der Waals surface area contributed by atoms with Crippen molar-refractivity contribution in [2.24, 2.45) is 0 Å². The summed E-state index contributed by atoms with van der Waals surface area (Å²) < 4.78 is 5.73. The summed E-state index contributed by atoms with van der Waals surface area (Å²) in [5.74, 6) is -2.02. The minimum atomic E-state index is -0.957. The van der Waals surface area contributed by atoms with E-state index in [1.807, 2.05) is 20.8 Å². The molecule has 1 saturated heterocycles. The van der Waals surface area contributed by atoms with E-state index in [2.05, 4.69) is 5.32 Å². The Morgan fingerprint density at radius 1 is 1.16 bits per heavy atom. The zero-order valence-corrected chi connectivity index (χ0v) is 14.4. The number of carbonyl (C=O) groups excluding carboxylic acids is 4. The van der Waals surface area contributed by atoms with Crippen molar-refractivity contribution in [3.05, 3.63) is 34.9 Å². The normalized spacial score (nSPS) is 20.8. The summed E-state index contributed by atoms with van der Waals surface area (Å²) in [5, 5.41) is 2.19. The molecule has 0 bridgehead atoms. The van der Waals surface area contributed by atoms with Gasteiger partial charge < -0.3 is 4.74 Å². The molecule has 25 heavy (non-hydrogen) atoms. The number of benzene rings is 1. The lowest BCUT2D eigenvalue weighted by atomic mass is 10.0. The SMILES string of the molecule is CC(C)(C)OCc1cccc2c1C(=O)N(C1CCC(=O)NC1=O)C2=O. The average molecular weight is 344 g/mol. The van der Waals surface area contributed by atoms with Crippen molar-refractivity contribution in [3.8, 4) is 0 Å². The third-order valence-corrected chi connectivity index (χ3v) is 4.22. The van der Waals surface area contributed by atoms with E-state index in [-0.39, 0.29) is 30.6 Å². The molecule has 2 heterocycles. The number of rotatable bonds is 3. The minimum absolute atomic E-state index is 0.101.